The van der Waals surface area contributed by atoms with E-state index in [-0.39, 0.29) is 24.6 Å². The zero-order chi connectivity index (χ0) is 18.0. The summed E-state index contributed by atoms with van der Waals surface area (Å²) in [7, 11) is 0. The SMILES string of the molecule is O=C(O)C[C@H]1CN(C(=O)c2ccn(-c3ccc(Cl)c(Cl)c3)n2)CCO1. The van der Waals surface area contributed by atoms with Crippen molar-refractivity contribution in [3.05, 3.63) is 46.2 Å². The molecule has 7 nitrogen and oxygen atoms in total. The summed E-state index contributed by atoms with van der Waals surface area (Å²) in [6.45, 7) is 0.927. The van der Waals surface area contributed by atoms with Crippen LogP contribution in [0.4, 0.5) is 0 Å². The number of halogens is 2. The highest BCUT2D eigenvalue weighted by Gasteiger charge is 2.27. The molecule has 3 rings (SSSR count). The van der Waals surface area contributed by atoms with Gasteiger partial charge < -0.3 is 14.7 Å². The highest BCUT2D eigenvalue weighted by atomic mass is 35.5. The van der Waals surface area contributed by atoms with Crippen LogP contribution in [0.15, 0.2) is 30.5 Å². The van der Waals surface area contributed by atoms with E-state index in [1.165, 1.54) is 4.68 Å². The van der Waals surface area contributed by atoms with E-state index in [2.05, 4.69) is 5.10 Å². The zero-order valence-electron chi connectivity index (χ0n) is 13.1. The fourth-order valence-corrected chi connectivity index (χ4v) is 2.89. The molecule has 1 saturated heterocycles. The van der Waals surface area contributed by atoms with Gasteiger partial charge >= 0.3 is 5.97 Å². The normalized spacial score (nSPS) is 17.5. The Kier molecular flexibility index (Phi) is 5.27. The lowest BCUT2D eigenvalue weighted by Crippen LogP contribution is -2.46. The van der Waals surface area contributed by atoms with Gasteiger partial charge in [0.1, 0.15) is 0 Å². The van der Waals surface area contributed by atoms with Gasteiger partial charge in [-0.2, -0.15) is 5.10 Å². The number of hydrogen-bond donors (Lipinski definition) is 1. The van der Waals surface area contributed by atoms with Gasteiger partial charge in [0.15, 0.2) is 5.69 Å². The minimum absolute atomic E-state index is 0.137. The number of carboxylic acids is 1. The van der Waals surface area contributed by atoms with E-state index in [0.29, 0.717) is 28.9 Å². The second-order valence-electron chi connectivity index (χ2n) is 5.59. The van der Waals surface area contributed by atoms with Gasteiger partial charge in [-0.05, 0) is 24.3 Å². The third-order valence-corrected chi connectivity index (χ3v) is 4.54. The van der Waals surface area contributed by atoms with Crippen molar-refractivity contribution < 1.29 is 19.4 Å². The summed E-state index contributed by atoms with van der Waals surface area (Å²) in [6, 6.07) is 6.66. The Morgan fingerprint density at radius 3 is 2.80 bits per heavy atom. The van der Waals surface area contributed by atoms with Gasteiger partial charge in [0.2, 0.25) is 0 Å². The highest BCUT2D eigenvalue weighted by molar-refractivity contribution is 6.42. The lowest BCUT2D eigenvalue weighted by molar-refractivity contribution is -0.141. The van der Waals surface area contributed by atoms with E-state index in [1.807, 2.05) is 0 Å². The molecule has 2 aromatic rings. The molecule has 0 bridgehead atoms. The molecular weight excluding hydrogens is 369 g/mol. The molecule has 1 fully saturated rings. The number of carboxylic acid groups (broad SMARTS) is 1. The number of carbonyl (C=O) groups excluding carboxylic acids is 1. The standard InChI is InChI=1S/C16H15Cl2N3O4/c17-12-2-1-10(7-13(12)18)21-4-3-14(19-21)16(24)20-5-6-25-11(9-20)8-15(22)23/h1-4,7,11H,5-6,8-9H2,(H,22,23)/t11-/m0/s1. The van der Waals surface area contributed by atoms with Crippen molar-refractivity contribution in [2.45, 2.75) is 12.5 Å². The van der Waals surface area contributed by atoms with Crippen LogP contribution in [-0.2, 0) is 9.53 Å². The Morgan fingerprint density at radius 1 is 1.28 bits per heavy atom. The lowest BCUT2D eigenvalue weighted by Gasteiger charge is -2.31. The fourth-order valence-electron chi connectivity index (χ4n) is 2.59. The quantitative estimate of drug-likeness (QED) is 0.876. The molecule has 25 heavy (non-hydrogen) atoms. The molecule has 1 aromatic carbocycles. The summed E-state index contributed by atoms with van der Waals surface area (Å²) in [6.07, 6.45) is 1.01. The Hall–Kier alpha value is -2.09. The summed E-state index contributed by atoms with van der Waals surface area (Å²) in [4.78, 5) is 25.0. The molecule has 2 heterocycles. The van der Waals surface area contributed by atoms with Crippen molar-refractivity contribution in [3.63, 3.8) is 0 Å². The van der Waals surface area contributed by atoms with Gasteiger partial charge in [0, 0.05) is 19.3 Å². The average molecular weight is 384 g/mol. The van der Waals surface area contributed by atoms with Crippen LogP contribution in [-0.4, -0.2) is 57.5 Å². The van der Waals surface area contributed by atoms with E-state index in [9.17, 15) is 9.59 Å². The smallest absolute Gasteiger partial charge is 0.306 e. The van der Waals surface area contributed by atoms with Crippen molar-refractivity contribution in [1.82, 2.24) is 14.7 Å². The molecule has 1 aromatic heterocycles. The molecule has 1 aliphatic rings. The van der Waals surface area contributed by atoms with Crippen LogP contribution in [0.1, 0.15) is 16.9 Å². The fraction of sp³-hybridized carbons (Fsp3) is 0.312. The van der Waals surface area contributed by atoms with Crippen LogP contribution >= 0.6 is 23.2 Å². The van der Waals surface area contributed by atoms with Gasteiger partial charge in [0.25, 0.3) is 5.91 Å². The van der Waals surface area contributed by atoms with Crippen molar-refractivity contribution in [2.24, 2.45) is 0 Å². The Bertz CT molecular complexity index is 808. The molecule has 1 amide bonds. The van der Waals surface area contributed by atoms with Gasteiger partial charge in [-0.3, -0.25) is 9.59 Å². The first kappa shape index (κ1) is 17.7. The van der Waals surface area contributed by atoms with Crippen LogP contribution in [0.3, 0.4) is 0 Å². The molecule has 0 spiro atoms. The van der Waals surface area contributed by atoms with Crippen LogP contribution in [0.2, 0.25) is 10.0 Å². The van der Waals surface area contributed by atoms with Crippen molar-refractivity contribution in [3.8, 4) is 5.69 Å². The Balaban J connectivity index is 1.74. The summed E-state index contributed by atoms with van der Waals surface area (Å²) >= 11 is 11.9. The van der Waals surface area contributed by atoms with Gasteiger partial charge in [-0.15, -0.1) is 0 Å². The van der Waals surface area contributed by atoms with Crippen molar-refractivity contribution >= 4 is 35.1 Å². The van der Waals surface area contributed by atoms with Crippen molar-refractivity contribution in [2.75, 3.05) is 19.7 Å². The molecule has 0 radical (unpaired) electrons. The first-order valence-corrected chi connectivity index (χ1v) is 8.33. The monoisotopic (exact) mass is 383 g/mol. The Labute approximate surface area is 153 Å². The third-order valence-electron chi connectivity index (χ3n) is 3.80. The van der Waals surface area contributed by atoms with Crippen LogP contribution in [0.5, 0.6) is 0 Å². The second-order valence-corrected chi connectivity index (χ2v) is 6.40. The molecule has 1 aliphatic heterocycles. The number of morpholine rings is 1. The molecule has 1 N–H and O–H groups in total. The minimum Gasteiger partial charge on any atom is -0.481 e. The van der Waals surface area contributed by atoms with E-state index in [0.717, 1.165) is 0 Å². The van der Waals surface area contributed by atoms with Crippen LogP contribution in [0, 0.1) is 0 Å². The first-order valence-electron chi connectivity index (χ1n) is 7.58. The van der Waals surface area contributed by atoms with E-state index < -0.39 is 12.1 Å². The lowest BCUT2D eigenvalue weighted by atomic mass is 10.2. The molecule has 0 aliphatic carbocycles. The number of benzene rings is 1. The number of aromatic nitrogens is 2. The van der Waals surface area contributed by atoms with Crippen molar-refractivity contribution in [1.29, 1.82) is 0 Å². The van der Waals surface area contributed by atoms with Gasteiger partial charge in [-0.1, -0.05) is 23.2 Å². The topological polar surface area (TPSA) is 84.7 Å². The maximum absolute atomic E-state index is 12.6. The number of nitrogens with zero attached hydrogens (tertiary/aromatic N) is 3. The molecule has 0 unspecified atom stereocenters. The zero-order valence-corrected chi connectivity index (χ0v) is 14.6. The maximum Gasteiger partial charge on any atom is 0.306 e. The maximum atomic E-state index is 12.6. The number of amides is 1. The minimum atomic E-state index is -0.955. The van der Waals surface area contributed by atoms with E-state index >= 15 is 0 Å². The molecule has 0 saturated carbocycles. The van der Waals surface area contributed by atoms with Gasteiger partial charge in [0.05, 0.1) is 34.9 Å². The Morgan fingerprint density at radius 2 is 2.08 bits per heavy atom. The summed E-state index contributed by atoms with van der Waals surface area (Å²) in [5.74, 6) is -1.22. The predicted molar refractivity (Wildman–Crippen MR) is 91.5 cm³/mol. The van der Waals surface area contributed by atoms with E-state index in [1.54, 1.807) is 35.4 Å². The summed E-state index contributed by atoms with van der Waals surface area (Å²) in [5, 5.41) is 14.0. The van der Waals surface area contributed by atoms with Gasteiger partial charge in [-0.25, -0.2) is 4.68 Å². The number of aliphatic carboxylic acids is 1. The molecule has 9 heteroatoms. The number of ether oxygens (including phenoxy) is 1. The predicted octanol–water partition coefficient (Wildman–Crippen LogP) is 2.49. The summed E-state index contributed by atoms with van der Waals surface area (Å²) in [5.41, 5.74) is 0.946. The number of carbonyl (C=O) groups is 2. The number of hydrogen-bond acceptors (Lipinski definition) is 4. The average Bonchev–Trinajstić information content (AvgIpc) is 3.06. The largest absolute Gasteiger partial charge is 0.481 e. The summed E-state index contributed by atoms with van der Waals surface area (Å²) < 4.78 is 6.91. The third kappa shape index (κ3) is 4.12. The van der Waals surface area contributed by atoms with Crippen LogP contribution < -0.4 is 0 Å². The highest BCUT2D eigenvalue weighted by Crippen LogP contribution is 2.24. The number of rotatable bonds is 4. The molecular formula is C16H15Cl2N3O4. The van der Waals surface area contributed by atoms with Crippen LogP contribution in [0.25, 0.3) is 5.69 Å². The first-order chi connectivity index (χ1) is 11.9. The van der Waals surface area contributed by atoms with E-state index in [4.69, 9.17) is 33.0 Å². The molecule has 132 valence electrons. The molecule has 1 atom stereocenters. The second kappa shape index (κ2) is 7.43.